The second-order valence-corrected chi connectivity index (χ2v) is 9.43. The fraction of sp³-hybridized carbons (Fsp3) is 0.250. The Morgan fingerprint density at radius 2 is 1.73 bits per heavy atom. The lowest BCUT2D eigenvalue weighted by atomic mass is 9.99. The zero-order chi connectivity index (χ0) is 29.5. The van der Waals surface area contributed by atoms with Gasteiger partial charge in [-0.3, -0.25) is 10.1 Å². The molecule has 5 amide bonds. The number of rotatable bonds is 8. The van der Waals surface area contributed by atoms with Crippen LogP contribution < -0.4 is 30.7 Å². The number of benzene rings is 3. The molecule has 41 heavy (non-hydrogen) atoms. The molecule has 1 saturated heterocycles. The Hall–Kier alpha value is -4.68. The average Bonchev–Trinajstić information content (AvgIpc) is 2.96. The fourth-order valence-electron chi connectivity index (χ4n) is 4.47. The predicted molar refractivity (Wildman–Crippen MR) is 154 cm³/mol. The minimum atomic E-state index is -1.05. The van der Waals surface area contributed by atoms with Gasteiger partial charge in [0.2, 0.25) is 0 Å². The van der Waals surface area contributed by atoms with E-state index in [4.69, 9.17) is 31.9 Å². The maximum absolute atomic E-state index is 12.8. The molecule has 3 aromatic rings. The molecule has 4 rings (SSSR count). The molecular formula is C28H30ClN5O7. The summed E-state index contributed by atoms with van der Waals surface area (Å²) in [6.45, 7) is 2.24. The molecule has 0 atom stereocenters. The molecule has 1 aliphatic rings. The fourth-order valence-corrected chi connectivity index (χ4v) is 4.69. The number of amides is 5. The van der Waals surface area contributed by atoms with E-state index in [2.05, 4.69) is 10.2 Å². The molecule has 12 nitrogen and oxygen atoms in total. The Kier molecular flexibility index (Phi) is 9.37. The van der Waals surface area contributed by atoms with E-state index in [0.717, 1.165) is 11.3 Å². The Morgan fingerprint density at radius 3 is 2.34 bits per heavy atom. The quantitative estimate of drug-likeness (QED) is 0.269. The van der Waals surface area contributed by atoms with Crippen LogP contribution in [0.15, 0.2) is 54.6 Å². The van der Waals surface area contributed by atoms with Crippen molar-refractivity contribution in [3.8, 4) is 28.4 Å². The Morgan fingerprint density at radius 1 is 1.02 bits per heavy atom. The molecule has 0 aliphatic carbocycles. The number of carbonyl (C=O) groups excluding carboxylic acids is 3. The summed E-state index contributed by atoms with van der Waals surface area (Å²) in [7, 11) is 1.36. The Labute approximate surface area is 241 Å². The summed E-state index contributed by atoms with van der Waals surface area (Å²) >= 11 is 6.28. The molecule has 0 saturated carbocycles. The van der Waals surface area contributed by atoms with Crippen molar-refractivity contribution >= 4 is 40.9 Å². The van der Waals surface area contributed by atoms with Crippen molar-refractivity contribution in [2.24, 2.45) is 5.73 Å². The summed E-state index contributed by atoms with van der Waals surface area (Å²) in [6, 6.07) is 14.1. The number of carbonyl (C=O) groups is 3. The summed E-state index contributed by atoms with van der Waals surface area (Å²) in [5.74, 6) is -0.629. The first-order chi connectivity index (χ1) is 19.7. The minimum absolute atomic E-state index is 0.101. The van der Waals surface area contributed by atoms with E-state index in [-0.39, 0.29) is 36.3 Å². The molecule has 3 aromatic carbocycles. The summed E-state index contributed by atoms with van der Waals surface area (Å²) in [4.78, 5) is 40.3. The molecule has 0 unspecified atom stereocenters. The molecule has 216 valence electrons. The van der Waals surface area contributed by atoms with Crippen LogP contribution in [0, 0.1) is 0 Å². The number of phenols is 1. The molecule has 1 fully saturated rings. The molecule has 0 radical (unpaired) electrons. The van der Waals surface area contributed by atoms with Crippen LogP contribution in [0.3, 0.4) is 0 Å². The van der Waals surface area contributed by atoms with E-state index in [9.17, 15) is 19.5 Å². The number of aliphatic hydroxyl groups excluding tert-OH is 1. The lowest BCUT2D eigenvalue weighted by Gasteiger charge is -2.36. The summed E-state index contributed by atoms with van der Waals surface area (Å²) in [5.41, 5.74) is 7.53. The van der Waals surface area contributed by atoms with Crippen LogP contribution in [0.4, 0.5) is 21.0 Å². The van der Waals surface area contributed by atoms with Crippen LogP contribution in [-0.2, 0) is 0 Å². The highest BCUT2D eigenvalue weighted by Crippen LogP contribution is 2.38. The second kappa shape index (κ2) is 13.1. The summed E-state index contributed by atoms with van der Waals surface area (Å²) in [6.07, 6.45) is 0. The van der Waals surface area contributed by atoms with E-state index in [1.165, 1.54) is 13.2 Å². The van der Waals surface area contributed by atoms with Gasteiger partial charge in [0.1, 0.15) is 29.4 Å². The number of aromatic hydroxyl groups is 1. The highest BCUT2D eigenvalue weighted by atomic mass is 35.5. The van der Waals surface area contributed by atoms with E-state index in [0.29, 0.717) is 48.2 Å². The maximum atomic E-state index is 12.8. The standard InChI is InChI=1S/C28H30ClN5O7/c1-40-25-20(7-9-23(36)24(25)26(37)32-27(30)38)17-2-4-18(5-3-17)33-10-12-34(13-11-33)28(39)31-22-8-6-19(16-21(22)29)41-15-14-35/h2-9,16,35-36H,10-15H2,1H3,(H,31,39)(H3,30,32,37,38). The SMILES string of the molecule is COc1c(-c2ccc(N3CCN(C(=O)Nc4ccc(OCCO)cc4Cl)CC3)cc2)ccc(O)c1C(=O)NC(N)=O. The number of hydrogen-bond donors (Lipinski definition) is 5. The van der Waals surface area contributed by atoms with Gasteiger partial charge in [0.15, 0.2) is 0 Å². The lowest BCUT2D eigenvalue weighted by molar-refractivity contribution is 0.0960. The van der Waals surface area contributed by atoms with Gasteiger partial charge in [-0.1, -0.05) is 23.7 Å². The molecular weight excluding hydrogens is 554 g/mol. The zero-order valence-corrected chi connectivity index (χ0v) is 23.0. The molecule has 1 aliphatic heterocycles. The minimum Gasteiger partial charge on any atom is -0.507 e. The monoisotopic (exact) mass is 583 g/mol. The largest absolute Gasteiger partial charge is 0.507 e. The topological polar surface area (TPSA) is 167 Å². The Bertz CT molecular complexity index is 1430. The molecule has 0 bridgehead atoms. The average molecular weight is 584 g/mol. The van der Waals surface area contributed by atoms with Crippen LogP contribution >= 0.6 is 11.6 Å². The first kappa shape index (κ1) is 29.3. The zero-order valence-electron chi connectivity index (χ0n) is 22.2. The number of nitrogens with two attached hydrogens (primary N) is 1. The van der Waals surface area contributed by atoms with Gasteiger partial charge in [0.05, 0.1) is 24.4 Å². The number of ether oxygens (including phenoxy) is 2. The van der Waals surface area contributed by atoms with Crippen LogP contribution in [-0.4, -0.2) is 79.6 Å². The molecule has 13 heteroatoms. The van der Waals surface area contributed by atoms with Gasteiger partial charge in [-0.15, -0.1) is 0 Å². The number of primary amides is 1. The number of methoxy groups -OCH3 is 1. The van der Waals surface area contributed by atoms with E-state index >= 15 is 0 Å². The van der Waals surface area contributed by atoms with Crippen LogP contribution in [0.1, 0.15) is 10.4 Å². The second-order valence-electron chi connectivity index (χ2n) is 9.02. The maximum Gasteiger partial charge on any atom is 0.322 e. The van der Waals surface area contributed by atoms with Gasteiger partial charge in [-0.25, -0.2) is 9.59 Å². The van der Waals surface area contributed by atoms with Crippen molar-refractivity contribution in [2.45, 2.75) is 0 Å². The third-order valence-electron chi connectivity index (χ3n) is 6.46. The number of halogens is 1. The third kappa shape index (κ3) is 6.91. The molecule has 1 heterocycles. The van der Waals surface area contributed by atoms with Gasteiger partial charge in [0.25, 0.3) is 5.91 Å². The van der Waals surface area contributed by atoms with Gasteiger partial charge in [-0.2, -0.15) is 0 Å². The van der Waals surface area contributed by atoms with Gasteiger partial charge in [0, 0.05) is 43.5 Å². The number of phenolic OH excluding ortho intramolecular Hbond substituents is 1. The van der Waals surface area contributed by atoms with Gasteiger partial charge < -0.3 is 40.5 Å². The van der Waals surface area contributed by atoms with Crippen molar-refractivity contribution < 1.29 is 34.1 Å². The molecule has 0 aromatic heterocycles. The number of piperazine rings is 1. The first-order valence-corrected chi connectivity index (χ1v) is 13.0. The molecule has 0 spiro atoms. The van der Waals surface area contributed by atoms with E-state index in [1.807, 2.05) is 29.6 Å². The lowest BCUT2D eigenvalue weighted by Crippen LogP contribution is -2.50. The van der Waals surface area contributed by atoms with Crippen molar-refractivity contribution in [1.82, 2.24) is 10.2 Å². The third-order valence-corrected chi connectivity index (χ3v) is 6.77. The van der Waals surface area contributed by atoms with E-state index in [1.54, 1.807) is 29.2 Å². The smallest absolute Gasteiger partial charge is 0.322 e. The summed E-state index contributed by atoms with van der Waals surface area (Å²) in [5, 5.41) is 24.2. The first-order valence-electron chi connectivity index (χ1n) is 12.7. The molecule has 6 N–H and O–H groups in total. The Balaban J connectivity index is 1.40. The van der Waals surface area contributed by atoms with Gasteiger partial charge in [-0.05, 0) is 42.0 Å². The highest BCUT2D eigenvalue weighted by molar-refractivity contribution is 6.33. The van der Waals surface area contributed by atoms with Crippen molar-refractivity contribution in [2.75, 3.05) is 56.7 Å². The number of aliphatic hydroxyl groups is 1. The number of nitrogens with zero attached hydrogens (tertiary/aromatic N) is 2. The number of anilines is 2. The van der Waals surface area contributed by atoms with Crippen molar-refractivity contribution in [1.29, 1.82) is 0 Å². The predicted octanol–water partition coefficient (Wildman–Crippen LogP) is 3.25. The number of urea groups is 2. The van der Waals surface area contributed by atoms with Crippen LogP contribution in [0.25, 0.3) is 11.1 Å². The highest BCUT2D eigenvalue weighted by Gasteiger charge is 2.24. The number of nitrogens with one attached hydrogen (secondary N) is 2. The number of hydrogen-bond acceptors (Lipinski definition) is 8. The van der Waals surface area contributed by atoms with Crippen molar-refractivity contribution in [3.05, 3.63) is 65.2 Å². The number of imide groups is 1. The van der Waals surface area contributed by atoms with Gasteiger partial charge >= 0.3 is 12.1 Å². The van der Waals surface area contributed by atoms with E-state index < -0.39 is 11.9 Å². The summed E-state index contributed by atoms with van der Waals surface area (Å²) < 4.78 is 10.7. The van der Waals surface area contributed by atoms with Crippen molar-refractivity contribution in [3.63, 3.8) is 0 Å². The normalized spacial score (nSPS) is 13.0. The van der Waals surface area contributed by atoms with Crippen LogP contribution in [0.5, 0.6) is 17.2 Å². The van der Waals surface area contributed by atoms with Crippen LogP contribution in [0.2, 0.25) is 5.02 Å².